The number of aryl methyl sites for hydroxylation is 2. The molecule has 0 saturated heterocycles. The Hall–Kier alpha value is -0.450. The van der Waals surface area contributed by atoms with Crippen LogP contribution in [-0.4, -0.2) is 42.1 Å². The summed E-state index contributed by atoms with van der Waals surface area (Å²) in [6.45, 7) is 15.4. The van der Waals surface area contributed by atoms with Crippen LogP contribution in [0.3, 0.4) is 0 Å². The highest BCUT2D eigenvalue weighted by molar-refractivity contribution is 7.11. The number of rotatable bonds is 9. The second kappa shape index (κ2) is 8.67. The lowest BCUT2D eigenvalue weighted by molar-refractivity contribution is 0.281. The molecule has 0 aliphatic heterocycles. The minimum absolute atomic E-state index is 0.551. The van der Waals surface area contributed by atoms with Gasteiger partial charge in [-0.25, -0.2) is 4.98 Å². The van der Waals surface area contributed by atoms with Crippen LogP contribution < -0.4 is 5.32 Å². The number of nitrogens with one attached hydrogen (secondary N) is 1. The number of hydrogen-bond donors (Lipinski definition) is 1. The largest absolute Gasteiger partial charge is 0.314 e. The van der Waals surface area contributed by atoms with Crippen molar-refractivity contribution in [3.05, 3.63) is 15.6 Å². The maximum Gasteiger partial charge on any atom is 0.0946 e. The van der Waals surface area contributed by atoms with Crippen molar-refractivity contribution in [1.29, 1.82) is 0 Å². The summed E-state index contributed by atoms with van der Waals surface area (Å²) in [6, 6.07) is 0.551. The summed E-state index contributed by atoms with van der Waals surface area (Å²) in [5, 5.41) is 4.88. The predicted octanol–water partition coefficient (Wildman–Crippen LogP) is 3.01. The van der Waals surface area contributed by atoms with Crippen molar-refractivity contribution < 1.29 is 0 Å². The summed E-state index contributed by atoms with van der Waals surface area (Å²) in [5.41, 5.74) is 1.19. The predicted molar refractivity (Wildman–Crippen MR) is 85.2 cm³/mol. The molecule has 0 bridgehead atoms. The lowest BCUT2D eigenvalue weighted by Crippen LogP contribution is -2.35. The van der Waals surface area contributed by atoms with Crippen LogP contribution in [0.1, 0.15) is 42.8 Å². The number of thiazole rings is 1. The first kappa shape index (κ1) is 16.6. The zero-order chi connectivity index (χ0) is 14.3. The molecule has 1 aromatic rings. The highest BCUT2D eigenvalue weighted by Gasteiger charge is 2.13. The molecule has 0 aliphatic carbocycles. The summed E-state index contributed by atoms with van der Waals surface area (Å²) in [7, 11) is 0. The molecular formula is C15H29N3S. The van der Waals surface area contributed by atoms with Crippen LogP contribution in [0.4, 0.5) is 0 Å². The lowest BCUT2D eigenvalue weighted by atomic mass is 10.1. The zero-order valence-electron chi connectivity index (χ0n) is 13.1. The van der Waals surface area contributed by atoms with Gasteiger partial charge in [-0.1, -0.05) is 20.8 Å². The molecule has 0 spiro atoms. The van der Waals surface area contributed by atoms with Gasteiger partial charge in [-0.15, -0.1) is 11.3 Å². The molecular weight excluding hydrogens is 254 g/mol. The van der Waals surface area contributed by atoms with Crippen molar-refractivity contribution in [1.82, 2.24) is 15.2 Å². The third-order valence-electron chi connectivity index (χ3n) is 3.67. The molecule has 19 heavy (non-hydrogen) atoms. The molecule has 0 saturated carbocycles. The van der Waals surface area contributed by atoms with Gasteiger partial charge in [0, 0.05) is 17.3 Å². The van der Waals surface area contributed by atoms with Gasteiger partial charge in [0.1, 0.15) is 0 Å². The summed E-state index contributed by atoms with van der Waals surface area (Å²) in [5.74, 6) is 0. The number of aromatic nitrogens is 1. The molecule has 1 heterocycles. The second-order valence-corrected chi connectivity index (χ2v) is 6.31. The van der Waals surface area contributed by atoms with E-state index < -0.39 is 0 Å². The first-order valence-electron chi connectivity index (χ1n) is 7.49. The maximum atomic E-state index is 4.66. The fourth-order valence-electron chi connectivity index (χ4n) is 2.28. The van der Waals surface area contributed by atoms with E-state index in [0.29, 0.717) is 6.04 Å². The Morgan fingerprint density at radius 1 is 1.21 bits per heavy atom. The van der Waals surface area contributed by atoms with Gasteiger partial charge in [0.15, 0.2) is 0 Å². The van der Waals surface area contributed by atoms with Gasteiger partial charge < -0.3 is 10.2 Å². The topological polar surface area (TPSA) is 28.2 Å². The van der Waals surface area contributed by atoms with Gasteiger partial charge in [0.2, 0.25) is 0 Å². The Bertz CT molecular complexity index is 339. The fraction of sp³-hybridized carbons (Fsp3) is 0.800. The van der Waals surface area contributed by atoms with Gasteiger partial charge in [-0.2, -0.15) is 0 Å². The van der Waals surface area contributed by atoms with Gasteiger partial charge in [-0.3, -0.25) is 0 Å². The quantitative estimate of drug-likeness (QED) is 0.755. The molecule has 0 aliphatic rings. The average molecular weight is 283 g/mol. The summed E-state index contributed by atoms with van der Waals surface area (Å²) >= 11 is 1.85. The molecule has 1 rings (SSSR count). The molecule has 1 N–H and O–H groups in total. The van der Waals surface area contributed by atoms with Crippen LogP contribution in [0, 0.1) is 13.8 Å². The maximum absolute atomic E-state index is 4.66. The lowest BCUT2D eigenvalue weighted by Gasteiger charge is -2.22. The Morgan fingerprint density at radius 3 is 2.37 bits per heavy atom. The second-order valence-electron chi connectivity index (χ2n) is 5.02. The van der Waals surface area contributed by atoms with E-state index in [9.17, 15) is 0 Å². The van der Waals surface area contributed by atoms with Gasteiger partial charge in [0.05, 0.1) is 10.7 Å². The van der Waals surface area contributed by atoms with E-state index in [4.69, 9.17) is 0 Å². The molecule has 1 atom stereocenters. The summed E-state index contributed by atoms with van der Waals surface area (Å²) < 4.78 is 0. The van der Waals surface area contributed by atoms with Crippen LogP contribution in [0.2, 0.25) is 0 Å². The molecule has 1 unspecified atom stereocenters. The molecule has 0 amide bonds. The monoisotopic (exact) mass is 283 g/mol. The van der Waals surface area contributed by atoms with Gasteiger partial charge >= 0.3 is 0 Å². The van der Waals surface area contributed by atoms with E-state index in [1.165, 1.54) is 28.5 Å². The van der Waals surface area contributed by atoms with E-state index in [-0.39, 0.29) is 0 Å². The van der Waals surface area contributed by atoms with Crippen molar-refractivity contribution in [3.8, 4) is 0 Å². The summed E-state index contributed by atoms with van der Waals surface area (Å²) in [6.07, 6.45) is 2.27. The number of likely N-dealkylation sites (N-methyl/N-ethyl adjacent to an activating group) is 1. The Balaban J connectivity index is 2.52. The van der Waals surface area contributed by atoms with Crippen molar-refractivity contribution in [3.63, 3.8) is 0 Å². The standard InChI is InChI=1S/C15H29N3S/c1-6-16-14(9-10-18(7-2)8-3)11-15-17-12(4)13(5)19-15/h14,16H,6-11H2,1-5H3. The van der Waals surface area contributed by atoms with E-state index >= 15 is 0 Å². The van der Waals surface area contributed by atoms with Crippen LogP contribution >= 0.6 is 11.3 Å². The van der Waals surface area contributed by atoms with Crippen molar-refractivity contribution >= 4 is 11.3 Å². The van der Waals surface area contributed by atoms with Crippen LogP contribution in [0.5, 0.6) is 0 Å². The number of hydrogen-bond acceptors (Lipinski definition) is 4. The highest BCUT2D eigenvalue weighted by atomic mass is 32.1. The van der Waals surface area contributed by atoms with Crippen molar-refractivity contribution in [2.45, 2.75) is 53.5 Å². The van der Waals surface area contributed by atoms with E-state index in [2.05, 4.69) is 49.8 Å². The first-order chi connectivity index (χ1) is 9.10. The molecule has 0 fully saturated rings. The van der Waals surface area contributed by atoms with E-state index in [1.807, 2.05) is 11.3 Å². The van der Waals surface area contributed by atoms with Gasteiger partial charge in [0.25, 0.3) is 0 Å². The van der Waals surface area contributed by atoms with Crippen LogP contribution in [-0.2, 0) is 6.42 Å². The first-order valence-corrected chi connectivity index (χ1v) is 8.30. The third-order valence-corrected chi connectivity index (χ3v) is 4.77. The molecule has 3 nitrogen and oxygen atoms in total. The Labute approximate surface area is 122 Å². The smallest absolute Gasteiger partial charge is 0.0946 e. The molecule has 0 radical (unpaired) electrons. The minimum Gasteiger partial charge on any atom is -0.314 e. The van der Waals surface area contributed by atoms with Crippen molar-refractivity contribution in [2.24, 2.45) is 0 Å². The van der Waals surface area contributed by atoms with E-state index in [0.717, 1.165) is 26.1 Å². The Kier molecular flexibility index (Phi) is 7.57. The van der Waals surface area contributed by atoms with Crippen molar-refractivity contribution in [2.75, 3.05) is 26.2 Å². The van der Waals surface area contributed by atoms with E-state index in [1.54, 1.807) is 0 Å². The zero-order valence-corrected chi connectivity index (χ0v) is 13.9. The normalized spacial score (nSPS) is 13.2. The molecule has 1 aromatic heterocycles. The molecule has 0 aromatic carbocycles. The SMILES string of the molecule is CCNC(CCN(CC)CC)Cc1nc(C)c(C)s1. The minimum atomic E-state index is 0.551. The average Bonchev–Trinajstić information content (AvgIpc) is 2.69. The fourth-order valence-corrected chi connectivity index (χ4v) is 3.29. The van der Waals surface area contributed by atoms with Gasteiger partial charge in [-0.05, 0) is 46.4 Å². The third kappa shape index (κ3) is 5.59. The van der Waals surface area contributed by atoms with Crippen LogP contribution in [0.15, 0.2) is 0 Å². The van der Waals surface area contributed by atoms with Crippen LogP contribution in [0.25, 0.3) is 0 Å². The number of nitrogens with zero attached hydrogens (tertiary/aromatic N) is 2. The molecule has 110 valence electrons. The molecule has 4 heteroatoms. The summed E-state index contributed by atoms with van der Waals surface area (Å²) in [4.78, 5) is 8.51. The Morgan fingerprint density at radius 2 is 1.89 bits per heavy atom. The highest BCUT2D eigenvalue weighted by Crippen LogP contribution is 2.18.